The van der Waals surface area contributed by atoms with Crippen molar-refractivity contribution in [3.05, 3.63) is 29.6 Å². The maximum absolute atomic E-state index is 13.0. The average Bonchev–Trinajstić information content (AvgIpc) is 2.23. The summed E-state index contributed by atoms with van der Waals surface area (Å²) in [4.78, 5) is 1.15. The van der Waals surface area contributed by atoms with Crippen molar-refractivity contribution in [2.24, 2.45) is 0 Å². The van der Waals surface area contributed by atoms with Gasteiger partial charge in [-0.15, -0.1) is 11.8 Å². The third-order valence-electron chi connectivity index (χ3n) is 2.32. The molecular weight excluding hydrogens is 209 g/mol. The Morgan fingerprint density at radius 3 is 2.73 bits per heavy atom. The number of hydrogen-bond acceptors (Lipinski definition) is 2. The lowest BCUT2D eigenvalue weighted by Gasteiger charge is -2.14. The molecule has 0 radical (unpaired) electrons. The summed E-state index contributed by atoms with van der Waals surface area (Å²) in [6.07, 6.45) is 1.11. The smallest absolute Gasteiger partial charge is 0.126 e. The summed E-state index contributed by atoms with van der Waals surface area (Å²) in [6.45, 7) is 4.96. The number of thioether (sulfide) groups is 1. The molecule has 1 N–H and O–H groups in total. The molecule has 0 saturated carbocycles. The lowest BCUT2D eigenvalue weighted by atomic mass is 10.2. The molecule has 0 amide bonds. The van der Waals surface area contributed by atoms with Crippen molar-refractivity contribution in [3.63, 3.8) is 0 Å². The zero-order chi connectivity index (χ0) is 11.3. The standard InChI is InChI=1S/C12H18FNS/c1-4-10(8-14-3)15-11-5-6-12(13)9(2)7-11/h5-7,10,14H,4,8H2,1-3H3. The summed E-state index contributed by atoms with van der Waals surface area (Å²) >= 11 is 1.81. The highest BCUT2D eigenvalue weighted by Crippen LogP contribution is 2.26. The van der Waals surface area contributed by atoms with Gasteiger partial charge in [0.05, 0.1) is 0 Å². The van der Waals surface area contributed by atoms with Gasteiger partial charge in [0.15, 0.2) is 0 Å². The van der Waals surface area contributed by atoms with E-state index >= 15 is 0 Å². The quantitative estimate of drug-likeness (QED) is 0.775. The summed E-state index contributed by atoms with van der Waals surface area (Å²) in [7, 11) is 1.96. The van der Waals surface area contributed by atoms with Crippen LogP contribution < -0.4 is 5.32 Å². The fraction of sp³-hybridized carbons (Fsp3) is 0.500. The van der Waals surface area contributed by atoms with Crippen LogP contribution in [-0.4, -0.2) is 18.8 Å². The summed E-state index contributed by atoms with van der Waals surface area (Å²) in [6, 6.07) is 5.31. The minimum absolute atomic E-state index is 0.124. The largest absolute Gasteiger partial charge is 0.319 e. The van der Waals surface area contributed by atoms with Crippen molar-refractivity contribution < 1.29 is 4.39 Å². The van der Waals surface area contributed by atoms with Crippen molar-refractivity contribution in [2.75, 3.05) is 13.6 Å². The van der Waals surface area contributed by atoms with Crippen LogP contribution in [0.4, 0.5) is 4.39 Å². The molecule has 0 aromatic heterocycles. The Morgan fingerprint density at radius 1 is 1.47 bits per heavy atom. The van der Waals surface area contributed by atoms with Gasteiger partial charge in [0, 0.05) is 16.7 Å². The van der Waals surface area contributed by atoms with E-state index in [1.165, 1.54) is 0 Å². The Bertz CT molecular complexity index is 314. The monoisotopic (exact) mass is 227 g/mol. The fourth-order valence-electron chi connectivity index (χ4n) is 1.38. The van der Waals surface area contributed by atoms with E-state index in [0.29, 0.717) is 5.25 Å². The number of benzene rings is 1. The number of halogens is 1. The van der Waals surface area contributed by atoms with E-state index in [1.807, 2.05) is 19.2 Å². The zero-order valence-corrected chi connectivity index (χ0v) is 10.3. The van der Waals surface area contributed by atoms with E-state index in [0.717, 1.165) is 23.4 Å². The van der Waals surface area contributed by atoms with Crippen molar-refractivity contribution >= 4 is 11.8 Å². The number of hydrogen-bond donors (Lipinski definition) is 1. The van der Waals surface area contributed by atoms with Gasteiger partial charge in [-0.3, -0.25) is 0 Å². The van der Waals surface area contributed by atoms with Crippen LogP contribution in [0.3, 0.4) is 0 Å². The number of aryl methyl sites for hydroxylation is 1. The molecule has 1 aromatic carbocycles. The highest BCUT2D eigenvalue weighted by molar-refractivity contribution is 8.00. The molecule has 1 rings (SSSR count). The van der Waals surface area contributed by atoms with E-state index in [2.05, 4.69) is 12.2 Å². The lowest BCUT2D eigenvalue weighted by molar-refractivity contribution is 0.617. The van der Waals surface area contributed by atoms with E-state index in [1.54, 1.807) is 24.8 Å². The third kappa shape index (κ3) is 3.84. The summed E-state index contributed by atoms with van der Waals surface area (Å²) in [5.41, 5.74) is 0.722. The van der Waals surface area contributed by atoms with Crippen LogP contribution in [-0.2, 0) is 0 Å². The molecule has 1 aromatic rings. The molecule has 15 heavy (non-hydrogen) atoms. The molecule has 3 heteroatoms. The van der Waals surface area contributed by atoms with Crippen LogP contribution in [0.5, 0.6) is 0 Å². The SMILES string of the molecule is CCC(CNC)Sc1ccc(F)c(C)c1. The van der Waals surface area contributed by atoms with E-state index < -0.39 is 0 Å². The van der Waals surface area contributed by atoms with Gasteiger partial charge in [0.2, 0.25) is 0 Å². The first-order chi connectivity index (χ1) is 7.17. The van der Waals surface area contributed by atoms with E-state index in [9.17, 15) is 4.39 Å². The van der Waals surface area contributed by atoms with Crippen LogP contribution >= 0.6 is 11.8 Å². The first-order valence-electron chi connectivity index (χ1n) is 5.24. The zero-order valence-electron chi connectivity index (χ0n) is 9.51. The molecule has 0 aliphatic heterocycles. The van der Waals surface area contributed by atoms with Gasteiger partial charge in [-0.1, -0.05) is 6.92 Å². The molecule has 0 spiro atoms. The van der Waals surface area contributed by atoms with Crippen molar-refractivity contribution in [1.82, 2.24) is 5.32 Å². The average molecular weight is 227 g/mol. The molecule has 0 aliphatic rings. The van der Waals surface area contributed by atoms with Gasteiger partial charge < -0.3 is 5.32 Å². The van der Waals surface area contributed by atoms with Crippen LogP contribution in [0.2, 0.25) is 0 Å². The predicted octanol–water partition coefficient (Wildman–Crippen LogP) is 3.22. The minimum Gasteiger partial charge on any atom is -0.319 e. The third-order valence-corrected chi connectivity index (χ3v) is 3.68. The first-order valence-corrected chi connectivity index (χ1v) is 6.12. The van der Waals surface area contributed by atoms with Crippen LogP contribution in [0.1, 0.15) is 18.9 Å². The van der Waals surface area contributed by atoms with Crippen LogP contribution in [0, 0.1) is 12.7 Å². The maximum atomic E-state index is 13.0. The molecule has 1 atom stereocenters. The van der Waals surface area contributed by atoms with Gasteiger partial charge in [0.1, 0.15) is 5.82 Å². The van der Waals surface area contributed by atoms with E-state index in [-0.39, 0.29) is 5.82 Å². The molecule has 0 bridgehead atoms. The summed E-state index contributed by atoms with van der Waals surface area (Å²) in [5, 5.41) is 3.73. The molecule has 0 aliphatic carbocycles. The molecule has 1 unspecified atom stereocenters. The Morgan fingerprint density at radius 2 is 2.20 bits per heavy atom. The summed E-state index contributed by atoms with van der Waals surface area (Å²) < 4.78 is 13.0. The predicted molar refractivity (Wildman–Crippen MR) is 65.0 cm³/mol. The van der Waals surface area contributed by atoms with Gasteiger partial charge in [-0.05, 0) is 44.2 Å². The number of rotatable bonds is 5. The lowest BCUT2D eigenvalue weighted by Crippen LogP contribution is -2.20. The van der Waals surface area contributed by atoms with Crippen molar-refractivity contribution in [3.8, 4) is 0 Å². The van der Waals surface area contributed by atoms with Crippen LogP contribution in [0.15, 0.2) is 23.1 Å². The second-order valence-corrected chi connectivity index (χ2v) is 4.99. The molecular formula is C12H18FNS. The Labute approximate surface area is 95.5 Å². The van der Waals surface area contributed by atoms with E-state index in [4.69, 9.17) is 0 Å². The van der Waals surface area contributed by atoms with Gasteiger partial charge >= 0.3 is 0 Å². The van der Waals surface area contributed by atoms with Gasteiger partial charge in [0.25, 0.3) is 0 Å². The normalized spacial score (nSPS) is 12.8. The van der Waals surface area contributed by atoms with Crippen molar-refractivity contribution in [2.45, 2.75) is 30.4 Å². The van der Waals surface area contributed by atoms with Crippen molar-refractivity contribution in [1.29, 1.82) is 0 Å². The molecule has 0 fully saturated rings. The molecule has 0 heterocycles. The topological polar surface area (TPSA) is 12.0 Å². The number of nitrogens with one attached hydrogen (secondary N) is 1. The van der Waals surface area contributed by atoms with Gasteiger partial charge in [-0.25, -0.2) is 4.39 Å². The highest BCUT2D eigenvalue weighted by Gasteiger charge is 2.08. The molecule has 0 saturated heterocycles. The first kappa shape index (κ1) is 12.5. The second kappa shape index (κ2) is 6.13. The second-order valence-electron chi connectivity index (χ2n) is 3.62. The summed E-state index contributed by atoms with van der Waals surface area (Å²) in [5.74, 6) is -0.124. The van der Waals surface area contributed by atoms with Gasteiger partial charge in [-0.2, -0.15) is 0 Å². The Kier molecular flexibility index (Phi) is 5.12. The molecule has 84 valence electrons. The maximum Gasteiger partial charge on any atom is 0.126 e. The Hall–Kier alpha value is -0.540. The van der Waals surface area contributed by atoms with Crippen LogP contribution in [0.25, 0.3) is 0 Å². The highest BCUT2D eigenvalue weighted by atomic mass is 32.2. The minimum atomic E-state index is -0.124. The fourth-order valence-corrected chi connectivity index (χ4v) is 2.57. The Balaban J connectivity index is 2.66. The molecule has 1 nitrogen and oxygen atoms in total.